The molecule has 0 radical (unpaired) electrons. The van der Waals surface area contributed by atoms with Crippen LogP contribution in [0.3, 0.4) is 0 Å². The maximum Gasteiger partial charge on any atom is 0.204 e. The topological polar surface area (TPSA) is 70.7 Å². The van der Waals surface area contributed by atoms with Gasteiger partial charge in [-0.05, 0) is 37.1 Å². The van der Waals surface area contributed by atoms with Crippen molar-refractivity contribution < 1.29 is 14.6 Å². The van der Waals surface area contributed by atoms with Crippen LogP contribution in [0, 0.1) is 13.8 Å². The number of aryl methyl sites for hydroxylation is 2. The minimum absolute atomic E-state index is 0.0913. The van der Waals surface area contributed by atoms with Crippen LogP contribution in [0.4, 0.5) is 0 Å². The van der Waals surface area contributed by atoms with E-state index in [9.17, 15) is 15.0 Å². The quantitative estimate of drug-likeness (QED) is 0.606. The molecule has 0 atom stereocenters. The van der Waals surface area contributed by atoms with Crippen molar-refractivity contribution in [2.45, 2.75) is 13.8 Å². The van der Waals surface area contributed by atoms with Crippen LogP contribution in [0.5, 0.6) is 11.5 Å². The zero-order chi connectivity index (χ0) is 13.7. The second kappa shape index (κ2) is 3.75. The zero-order valence-electron chi connectivity index (χ0n) is 10.5. The highest BCUT2D eigenvalue weighted by Crippen LogP contribution is 2.30. The van der Waals surface area contributed by atoms with Gasteiger partial charge in [0, 0.05) is 12.1 Å². The first-order chi connectivity index (χ1) is 8.97. The highest BCUT2D eigenvalue weighted by atomic mass is 16.3. The molecule has 1 aromatic heterocycles. The fraction of sp³-hybridized carbons (Fsp3) is 0.133. The van der Waals surface area contributed by atoms with E-state index in [4.69, 9.17) is 4.42 Å². The summed E-state index contributed by atoms with van der Waals surface area (Å²) < 4.78 is 5.60. The molecule has 0 aliphatic heterocycles. The summed E-state index contributed by atoms with van der Waals surface area (Å²) in [5.74, 6) is -0.416. The lowest BCUT2D eigenvalue weighted by Crippen LogP contribution is -2.03. The molecule has 0 amide bonds. The van der Waals surface area contributed by atoms with Gasteiger partial charge in [-0.2, -0.15) is 0 Å². The molecule has 0 fully saturated rings. The summed E-state index contributed by atoms with van der Waals surface area (Å²) in [4.78, 5) is 12.4. The van der Waals surface area contributed by atoms with Crippen LogP contribution in [-0.2, 0) is 0 Å². The lowest BCUT2D eigenvalue weighted by Gasteiger charge is -2.06. The molecule has 0 saturated carbocycles. The summed E-state index contributed by atoms with van der Waals surface area (Å²) in [6, 6.07) is 5.99. The first kappa shape index (κ1) is 11.6. The third-order valence-electron chi connectivity index (χ3n) is 3.35. The maximum absolute atomic E-state index is 12.4. The number of benzene rings is 2. The standard InChI is InChI=1S/C15H12O4/c1-7-3-10-12(4-8(7)2)19-13-6-9(16)5-11(17)14(13)15(10)18/h3-6,16-17H,1-2H3. The SMILES string of the molecule is Cc1cc2oc3cc(O)cc(O)c3c(=O)c2cc1C. The Hall–Kier alpha value is -2.49. The van der Waals surface area contributed by atoms with Crippen LogP contribution in [0.2, 0.25) is 0 Å². The average molecular weight is 256 g/mol. The van der Waals surface area contributed by atoms with E-state index < -0.39 is 0 Å². The summed E-state index contributed by atoms with van der Waals surface area (Å²) >= 11 is 0. The Bertz CT molecular complexity index is 875. The van der Waals surface area contributed by atoms with Gasteiger partial charge in [-0.3, -0.25) is 4.79 Å². The van der Waals surface area contributed by atoms with E-state index in [2.05, 4.69) is 0 Å². The second-order valence-corrected chi connectivity index (χ2v) is 4.70. The van der Waals surface area contributed by atoms with Gasteiger partial charge in [0.25, 0.3) is 0 Å². The molecule has 1 heterocycles. The number of aromatic hydroxyl groups is 2. The molecule has 96 valence electrons. The van der Waals surface area contributed by atoms with Crippen molar-refractivity contribution in [3.8, 4) is 11.5 Å². The van der Waals surface area contributed by atoms with Gasteiger partial charge in [0.2, 0.25) is 5.43 Å². The normalized spacial score (nSPS) is 11.3. The van der Waals surface area contributed by atoms with Crippen molar-refractivity contribution >= 4 is 21.9 Å². The lowest BCUT2D eigenvalue weighted by atomic mass is 10.0. The molecule has 4 nitrogen and oxygen atoms in total. The van der Waals surface area contributed by atoms with Crippen molar-refractivity contribution in [1.82, 2.24) is 0 Å². The Morgan fingerprint density at radius 2 is 1.63 bits per heavy atom. The van der Waals surface area contributed by atoms with E-state index in [1.165, 1.54) is 6.07 Å². The fourth-order valence-corrected chi connectivity index (χ4v) is 2.20. The Morgan fingerprint density at radius 3 is 2.37 bits per heavy atom. The van der Waals surface area contributed by atoms with E-state index in [-0.39, 0.29) is 27.9 Å². The second-order valence-electron chi connectivity index (χ2n) is 4.70. The minimum atomic E-state index is -0.295. The van der Waals surface area contributed by atoms with E-state index in [0.29, 0.717) is 11.0 Å². The van der Waals surface area contributed by atoms with Gasteiger partial charge in [-0.15, -0.1) is 0 Å². The predicted octanol–water partition coefficient (Wildman–Crippen LogP) is 2.97. The number of fused-ring (bicyclic) bond motifs is 2. The monoisotopic (exact) mass is 256 g/mol. The summed E-state index contributed by atoms with van der Waals surface area (Å²) in [6.07, 6.45) is 0. The lowest BCUT2D eigenvalue weighted by molar-refractivity contribution is 0.453. The molecule has 0 unspecified atom stereocenters. The Labute approximate surface area is 108 Å². The van der Waals surface area contributed by atoms with Gasteiger partial charge >= 0.3 is 0 Å². The van der Waals surface area contributed by atoms with Gasteiger partial charge in [-0.1, -0.05) is 0 Å². The van der Waals surface area contributed by atoms with E-state index >= 15 is 0 Å². The third-order valence-corrected chi connectivity index (χ3v) is 3.35. The molecule has 2 aromatic carbocycles. The smallest absolute Gasteiger partial charge is 0.204 e. The predicted molar refractivity (Wildman–Crippen MR) is 72.8 cm³/mol. The molecule has 3 rings (SSSR count). The Balaban J connectivity index is 2.60. The van der Waals surface area contributed by atoms with Crippen LogP contribution >= 0.6 is 0 Å². The average Bonchev–Trinajstić information content (AvgIpc) is 2.31. The van der Waals surface area contributed by atoms with Crippen LogP contribution < -0.4 is 5.43 Å². The zero-order valence-corrected chi connectivity index (χ0v) is 10.5. The number of phenols is 2. The molecule has 4 heteroatoms. The summed E-state index contributed by atoms with van der Waals surface area (Å²) in [5.41, 5.74) is 2.33. The molecule has 0 aliphatic carbocycles. The van der Waals surface area contributed by atoms with E-state index in [0.717, 1.165) is 17.2 Å². The molecule has 0 spiro atoms. The Morgan fingerprint density at radius 1 is 0.947 bits per heavy atom. The summed E-state index contributed by atoms with van der Waals surface area (Å²) in [5, 5.41) is 19.8. The molecule has 0 aliphatic rings. The van der Waals surface area contributed by atoms with Gasteiger partial charge in [-0.25, -0.2) is 0 Å². The van der Waals surface area contributed by atoms with Crippen molar-refractivity contribution in [3.63, 3.8) is 0 Å². The van der Waals surface area contributed by atoms with Gasteiger partial charge in [0.1, 0.15) is 28.1 Å². The molecule has 2 N–H and O–H groups in total. The van der Waals surface area contributed by atoms with Crippen molar-refractivity contribution in [2.24, 2.45) is 0 Å². The van der Waals surface area contributed by atoms with Crippen LogP contribution in [-0.4, -0.2) is 10.2 Å². The number of hydrogen-bond donors (Lipinski definition) is 2. The van der Waals surface area contributed by atoms with E-state index in [1.54, 1.807) is 12.1 Å². The molecule has 0 bridgehead atoms. The number of rotatable bonds is 0. The van der Waals surface area contributed by atoms with Crippen LogP contribution in [0.1, 0.15) is 11.1 Å². The molecule has 0 saturated heterocycles. The van der Waals surface area contributed by atoms with Crippen molar-refractivity contribution in [2.75, 3.05) is 0 Å². The highest BCUT2D eigenvalue weighted by Gasteiger charge is 2.13. The molecule has 19 heavy (non-hydrogen) atoms. The van der Waals surface area contributed by atoms with E-state index in [1.807, 2.05) is 13.8 Å². The molecular weight excluding hydrogens is 244 g/mol. The highest BCUT2D eigenvalue weighted by molar-refractivity contribution is 5.94. The van der Waals surface area contributed by atoms with Crippen molar-refractivity contribution in [1.29, 1.82) is 0 Å². The van der Waals surface area contributed by atoms with Gasteiger partial charge < -0.3 is 14.6 Å². The summed E-state index contributed by atoms with van der Waals surface area (Å²) in [6.45, 7) is 3.84. The Kier molecular flexibility index (Phi) is 2.29. The van der Waals surface area contributed by atoms with Gasteiger partial charge in [0.15, 0.2) is 0 Å². The first-order valence-corrected chi connectivity index (χ1v) is 5.87. The molecule has 3 aromatic rings. The van der Waals surface area contributed by atoms with Crippen LogP contribution in [0.25, 0.3) is 21.9 Å². The maximum atomic E-state index is 12.4. The first-order valence-electron chi connectivity index (χ1n) is 5.87. The van der Waals surface area contributed by atoms with Gasteiger partial charge in [0.05, 0.1) is 5.39 Å². The summed E-state index contributed by atoms with van der Waals surface area (Å²) in [7, 11) is 0. The van der Waals surface area contributed by atoms with Crippen molar-refractivity contribution in [3.05, 3.63) is 45.6 Å². The number of phenolic OH excluding ortho intramolecular Hbond substituents is 2. The number of hydrogen-bond acceptors (Lipinski definition) is 4. The molecular formula is C15H12O4. The third kappa shape index (κ3) is 1.64. The largest absolute Gasteiger partial charge is 0.508 e. The van der Waals surface area contributed by atoms with Crippen LogP contribution in [0.15, 0.2) is 33.5 Å². The minimum Gasteiger partial charge on any atom is -0.508 e. The fourth-order valence-electron chi connectivity index (χ4n) is 2.20.